The van der Waals surface area contributed by atoms with Crippen LogP contribution in [0.15, 0.2) is 0 Å². The molecule has 20 heavy (non-hydrogen) atoms. The average Bonchev–Trinajstić information content (AvgIpc) is 2.93. The highest BCUT2D eigenvalue weighted by Crippen LogP contribution is 2.25. The lowest BCUT2D eigenvalue weighted by atomic mass is 9.92. The Morgan fingerprint density at radius 1 is 1.45 bits per heavy atom. The van der Waals surface area contributed by atoms with Gasteiger partial charge in [0.25, 0.3) is 0 Å². The van der Waals surface area contributed by atoms with Gasteiger partial charge >= 0.3 is 5.97 Å². The molecular weight excluding hydrogens is 254 g/mol. The number of piperazine rings is 1. The van der Waals surface area contributed by atoms with E-state index >= 15 is 0 Å². The first-order valence-electron chi connectivity index (χ1n) is 7.75. The van der Waals surface area contributed by atoms with E-state index in [-0.39, 0.29) is 5.97 Å². The predicted octanol–water partition coefficient (Wildman–Crippen LogP) is 0.696. The highest BCUT2D eigenvalue weighted by atomic mass is 16.5. The van der Waals surface area contributed by atoms with Crippen LogP contribution in [0.25, 0.3) is 0 Å². The molecule has 0 radical (unpaired) electrons. The fourth-order valence-electron chi connectivity index (χ4n) is 3.65. The first kappa shape index (κ1) is 15.7. The summed E-state index contributed by atoms with van der Waals surface area (Å²) in [6.45, 7) is 8.85. The number of hydrogen-bond donors (Lipinski definition) is 1. The number of nitrogens with one attached hydrogen (secondary N) is 1. The second kappa shape index (κ2) is 6.41. The molecule has 0 aromatic rings. The van der Waals surface area contributed by atoms with E-state index in [1.165, 1.54) is 33.0 Å². The molecule has 3 unspecified atom stereocenters. The van der Waals surface area contributed by atoms with E-state index in [1.807, 2.05) is 14.0 Å². The zero-order valence-electron chi connectivity index (χ0n) is 13.3. The topological polar surface area (TPSA) is 44.8 Å². The number of fused-ring (bicyclic) bond motifs is 1. The first-order chi connectivity index (χ1) is 9.50. The molecule has 2 fully saturated rings. The minimum atomic E-state index is -0.596. The van der Waals surface area contributed by atoms with E-state index < -0.39 is 5.54 Å². The van der Waals surface area contributed by atoms with Crippen LogP contribution in [0.2, 0.25) is 0 Å². The Balaban J connectivity index is 1.93. The summed E-state index contributed by atoms with van der Waals surface area (Å²) in [4.78, 5) is 17.1. The van der Waals surface area contributed by atoms with Gasteiger partial charge in [-0.25, -0.2) is 0 Å². The maximum Gasteiger partial charge on any atom is 0.325 e. The normalized spacial score (nSPS) is 28.7. The molecule has 2 aliphatic rings. The number of carbonyl (C=O) groups is 1. The van der Waals surface area contributed by atoms with Crippen molar-refractivity contribution in [2.45, 2.75) is 50.7 Å². The van der Waals surface area contributed by atoms with Crippen molar-refractivity contribution >= 4 is 5.97 Å². The van der Waals surface area contributed by atoms with Crippen molar-refractivity contribution in [2.75, 3.05) is 40.3 Å². The Labute approximate surface area is 122 Å². The van der Waals surface area contributed by atoms with Crippen LogP contribution in [-0.2, 0) is 9.53 Å². The number of ether oxygens (including phenoxy) is 1. The standard InChI is InChI=1S/C15H29N3O2/c1-12(10-15(2,16-3)14(19)20-4)18-9-8-17-7-5-6-13(17)11-18/h12-13,16H,5-11H2,1-4H3. The van der Waals surface area contributed by atoms with Crippen molar-refractivity contribution in [3.63, 3.8) is 0 Å². The van der Waals surface area contributed by atoms with Gasteiger partial charge in [-0.05, 0) is 46.7 Å². The molecule has 2 saturated heterocycles. The van der Waals surface area contributed by atoms with Gasteiger partial charge in [-0.1, -0.05) is 0 Å². The average molecular weight is 283 g/mol. The molecule has 2 aliphatic heterocycles. The number of rotatable bonds is 5. The number of nitrogens with zero attached hydrogens (tertiary/aromatic N) is 2. The van der Waals surface area contributed by atoms with Crippen molar-refractivity contribution in [3.8, 4) is 0 Å². The minimum absolute atomic E-state index is 0.175. The number of esters is 1. The lowest BCUT2D eigenvalue weighted by molar-refractivity contribution is -0.148. The molecule has 0 bridgehead atoms. The fourth-order valence-corrected chi connectivity index (χ4v) is 3.65. The van der Waals surface area contributed by atoms with Gasteiger partial charge in [0.15, 0.2) is 0 Å². The lowest BCUT2D eigenvalue weighted by Crippen LogP contribution is -2.57. The van der Waals surface area contributed by atoms with Crippen molar-refractivity contribution in [3.05, 3.63) is 0 Å². The zero-order valence-corrected chi connectivity index (χ0v) is 13.3. The molecule has 0 aromatic heterocycles. The predicted molar refractivity (Wildman–Crippen MR) is 79.7 cm³/mol. The Morgan fingerprint density at radius 2 is 2.20 bits per heavy atom. The third-order valence-corrected chi connectivity index (χ3v) is 5.13. The summed E-state index contributed by atoms with van der Waals surface area (Å²) in [5.74, 6) is -0.175. The van der Waals surface area contributed by atoms with Crippen LogP contribution in [0.1, 0.15) is 33.1 Å². The molecule has 0 aromatic carbocycles. The summed E-state index contributed by atoms with van der Waals surface area (Å²) in [6.07, 6.45) is 3.44. The summed E-state index contributed by atoms with van der Waals surface area (Å²) >= 11 is 0. The third-order valence-electron chi connectivity index (χ3n) is 5.13. The highest BCUT2D eigenvalue weighted by molar-refractivity contribution is 5.80. The van der Waals surface area contributed by atoms with Gasteiger partial charge in [0.1, 0.15) is 5.54 Å². The molecule has 0 saturated carbocycles. The minimum Gasteiger partial charge on any atom is -0.468 e. The molecule has 0 spiro atoms. The number of likely N-dealkylation sites (N-methyl/N-ethyl adjacent to an activating group) is 1. The number of hydrogen-bond acceptors (Lipinski definition) is 5. The number of carbonyl (C=O) groups excluding carboxylic acids is 1. The SMILES string of the molecule is CNC(C)(CC(C)N1CCN2CCCC2C1)C(=O)OC. The van der Waals surface area contributed by atoms with Crippen LogP contribution in [0.3, 0.4) is 0 Å². The molecular formula is C15H29N3O2. The number of methoxy groups -OCH3 is 1. The van der Waals surface area contributed by atoms with E-state index in [0.29, 0.717) is 6.04 Å². The Bertz CT molecular complexity index is 350. The van der Waals surface area contributed by atoms with Crippen LogP contribution < -0.4 is 5.32 Å². The molecule has 0 amide bonds. The van der Waals surface area contributed by atoms with E-state index in [4.69, 9.17) is 4.74 Å². The molecule has 5 heteroatoms. The third kappa shape index (κ3) is 3.15. The maximum absolute atomic E-state index is 12.0. The highest BCUT2D eigenvalue weighted by Gasteiger charge is 2.38. The van der Waals surface area contributed by atoms with Gasteiger partial charge in [0.2, 0.25) is 0 Å². The largest absolute Gasteiger partial charge is 0.468 e. The van der Waals surface area contributed by atoms with E-state index in [9.17, 15) is 4.79 Å². The maximum atomic E-state index is 12.0. The van der Waals surface area contributed by atoms with Gasteiger partial charge in [0, 0.05) is 31.7 Å². The smallest absolute Gasteiger partial charge is 0.325 e. The molecule has 0 aliphatic carbocycles. The van der Waals surface area contributed by atoms with Gasteiger partial charge in [-0.3, -0.25) is 14.6 Å². The van der Waals surface area contributed by atoms with Crippen molar-refractivity contribution in [2.24, 2.45) is 0 Å². The molecule has 5 nitrogen and oxygen atoms in total. The summed E-state index contributed by atoms with van der Waals surface area (Å²) in [5.41, 5.74) is -0.596. The van der Waals surface area contributed by atoms with Crippen LogP contribution in [0, 0.1) is 0 Å². The Hall–Kier alpha value is -0.650. The van der Waals surface area contributed by atoms with E-state index in [0.717, 1.165) is 25.6 Å². The summed E-state index contributed by atoms with van der Waals surface area (Å²) < 4.78 is 4.94. The summed E-state index contributed by atoms with van der Waals surface area (Å²) in [7, 11) is 3.29. The van der Waals surface area contributed by atoms with Crippen molar-refractivity contribution < 1.29 is 9.53 Å². The van der Waals surface area contributed by atoms with Crippen LogP contribution in [-0.4, -0.2) is 73.7 Å². The molecule has 2 rings (SSSR count). The molecule has 3 atom stereocenters. The molecule has 2 heterocycles. The fraction of sp³-hybridized carbons (Fsp3) is 0.933. The summed E-state index contributed by atoms with van der Waals surface area (Å²) in [6, 6.07) is 1.11. The second-order valence-electron chi connectivity index (χ2n) is 6.45. The van der Waals surface area contributed by atoms with Gasteiger partial charge < -0.3 is 10.1 Å². The van der Waals surface area contributed by atoms with Crippen LogP contribution in [0.4, 0.5) is 0 Å². The Kier molecular flexibility index (Phi) is 5.04. The summed E-state index contributed by atoms with van der Waals surface area (Å²) in [5, 5.41) is 3.13. The van der Waals surface area contributed by atoms with Gasteiger partial charge in [-0.15, -0.1) is 0 Å². The van der Waals surface area contributed by atoms with Crippen molar-refractivity contribution in [1.82, 2.24) is 15.1 Å². The second-order valence-corrected chi connectivity index (χ2v) is 6.45. The first-order valence-corrected chi connectivity index (χ1v) is 7.75. The molecule has 116 valence electrons. The lowest BCUT2D eigenvalue weighted by Gasteiger charge is -2.42. The van der Waals surface area contributed by atoms with E-state index in [1.54, 1.807) is 0 Å². The van der Waals surface area contributed by atoms with Gasteiger partial charge in [-0.2, -0.15) is 0 Å². The molecule has 1 N–H and O–H groups in total. The zero-order chi connectivity index (χ0) is 14.8. The Morgan fingerprint density at radius 3 is 2.85 bits per heavy atom. The van der Waals surface area contributed by atoms with Crippen LogP contribution >= 0.6 is 0 Å². The monoisotopic (exact) mass is 283 g/mol. The van der Waals surface area contributed by atoms with Gasteiger partial charge in [0.05, 0.1) is 7.11 Å². The quantitative estimate of drug-likeness (QED) is 0.752. The van der Waals surface area contributed by atoms with Crippen LogP contribution in [0.5, 0.6) is 0 Å². The van der Waals surface area contributed by atoms with Crippen molar-refractivity contribution in [1.29, 1.82) is 0 Å². The van der Waals surface area contributed by atoms with E-state index in [2.05, 4.69) is 22.0 Å².